The fraction of sp³-hybridized carbons (Fsp3) is 0.150. The van der Waals surface area contributed by atoms with Crippen molar-refractivity contribution in [1.29, 1.82) is 0 Å². The van der Waals surface area contributed by atoms with Crippen molar-refractivity contribution >= 4 is 46.6 Å². The smallest absolute Gasteiger partial charge is 0.171 e. The van der Waals surface area contributed by atoms with Gasteiger partial charge in [-0.1, -0.05) is 53.5 Å². The average molecular weight is 387 g/mol. The lowest BCUT2D eigenvalue weighted by molar-refractivity contribution is 0.708. The lowest BCUT2D eigenvalue weighted by Gasteiger charge is -2.30. The van der Waals surface area contributed by atoms with Gasteiger partial charge in [0.2, 0.25) is 0 Å². The molecule has 0 saturated heterocycles. The molecule has 0 spiro atoms. The van der Waals surface area contributed by atoms with Crippen LogP contribution in [0.2, 0.25) is 10.0 Å². The van der Waals surface area contributed by atoms with E-state index in [0.717, 1.165) is 34.0 Å². The predicted molar refractivity (Wildman–Crippen MR) is 109 cm³/mol. The van der Waals surface area contributed by atoms with E-state index in [1.165, 1.54) is 16.8 Å². The Kier molecular flexibility index (Phi) is 4.55. The molecule has 4 rings (SSSR count). The zero-order chi connectivity index (χ0) is 17.4. The van der Waals surface area contributed by atoms with Gasteiger partial charge < -0.3 is 10.6 Å². The first kappa shape index (κ1) is 16.6. The molecule has 0 bridgehead atoms. The standard InChI is InChI=1S/C20H16Cl2N2S/c21-15-6-1-12(2-7-15)11-14-5-10-17-18(14)19(24-20(25)23-17)13-3-8-16(22)9-4-13/h1-4,6-9,11,19H,5,10H2,(H2,23,24,25)/b14-11+. The van der Waals surface area contributed by atoms with E-state index in [0.29, 0.717) is 5.11 Å². The van der Waals surface area contributed by atoms with Crippen molar-refractivity contribution in [2.45, 2.75) is 18.9 Å². The summed E-state index contributed by atoms with van der Waals surface area (Å²) in [4.78, 5) is 0. The fourth-order valence-corrected chi connectivity index (χ4v) is 3.90. The molecular weight excluding hydrogens is 371 g/mol. The van der Waals surface area contributed by atoms with Crippen LogP contribution in [0.15, 0.2) is 65.4 Å². The molecule has 1 aliphatic heterocycles. The van der Waals surface area contributed by atoms with Crippen molar-refractivity contribution in [3.05, 3.63) is 86.5 Å². The van der Waals surface area contributed by atoms with E-state index < -0.39 is 0 Å². The molecule has 0 radical (unpaired) electrons. The third-order valence-electron chi connectivity index (χ3n) is 4.56. The maximum atomic E-state index is 6.05. The van der Waals surface area contributed by atoms with Gasteiger partial charge in [-0.2, -0.15) is 0 Å². The summed E-state index contributed by atoms with van der Waals surface area (Å²) in [5.74, 6) is 0. The Balaban J connectivity index is 1.75. The molecule has 0 amide bonds. The van der Waals surface area contributed by atoms with Crippen molar-refractivity contribution < 1.29 is 0 Å². The number of allylic oxidation sites excluding steroid dienone is 1. The van der Waals surface area contributed by atoms with Crippen LogP contribution in [0.5, 0.6) is 0 Å². The third kappa shape index (κ3) is 3.45. The van der Waals surface area contributed by atoms with E-state index in [9.17, 15) is 0 Å². The van der Waals surface area contributed by atoms with Gasteiger partial charge in [-0.3, -0.25) is 0 Å². The predicted octanol–water partition coefficient (Wildman–Crippen LogP) is 5.64. The Morgan fingerprint density at radius 1 is 0.920 bits per heavy atom. The molecule has 126 valence electrons. The monoisotopic (exact) mass is 386 g/mol. The van der Waals surface area contributed by atoms with Crippen LogP contribution in [-0.2, 0) is 0 Å². The highest BCUT2D eigenvalue weighted by molar-refractivity contribution is 7.80. The van der Waals surface area contributed by atoms with Crippen LogP contribution in [0, 0.1) is 0 Å². The largest absolute Gasteiger partial charge is 0.351 e. The number of hydrogen-bond donors (Lipinski definition) is 2. The molecule has 1 heterocycles. The topological polar surface area (TPSA) is 24.1 Å². The van der Waals surface area contributed by atoms with Gasteiger partial charge >= 0.3 is 0 Å². The van der Waals surface area contributed by atoms with Crippen molar-refractivity contribution in [1.82, 2.24) is 10.6 Å². The van der Waals surface area contributed by atoms with Gasteiger partial charge in [0.15, 0.2) is 5.11 Å². The van der Waals surface area contributed by atoms with Crippen molar-refractivity contribution in [2.75, 3.05) is 0 Å². The molecule has 2 aromatic rings. The first-order valence-corrected chi connectivity index (χ1v) is 9.29. The second-order valence-electron chi connectivity index (χ2n) is 6.20. The summed E-state index contributed by atoms with van der Waals surface area (Å²) < 4.78 is 0. The van der Waals surface area contributed by atoms with Gasteiger partial charge in [-0.15, -0.1) is 0 Å². The molecule has 0 saturated carbocycles. The highest BCUT2D eigenvalue weighted by Crippen LogP contribution is 2.41. The third-order valence-corrected chi connectivity index (χ3v) is 5.28. The van der Waals surface area contributed by atoms with Crippen molar-refractivity contribution in [3.63, 3.8) is 0 Å². The van der Waals surface area contributed by atoms with Crippen LogP contribution in [-0.4, -0.2) is 5.11 Å². The Morgan fingerprint density at radius 2 is 1.56 bits per heavy atom. The van der Waals surface area contributed by atoms with Gasteiger partial charge in [-0.05, 0) is 66.0 Å². The molecule has 25 heavy (non-hydrogen) atoms. The quantitative estimate of drug-likeness (QED) is 0.652. The summed E-state index contributed by atoms with van der Waals surface area (Å²) in [6.45, 7) is 0. The van der Waals surface area contributed by atoms with Crippen LogP contribution in [0.25, 0.3) is 6.08 Å². The maximum Gasteiger partial charge on any atom is 0.171 e. The summed E-state index contributed by atoms with van der Waals surface area (Å²) in [5.41, 5.74) is 6.12. The van der Waals surface area contributed by atoms with Crippen molar-refractivity contribution in [3.8, 4) is 0 Å². The molecule has 2 aliphatic rings. The summed E-state index contributed by atoms with van der Waals surface area (Å²) in [6.07, 6.45) is 4.20. The first-order valence-electron chi connectivity index (χ1n) is 8.13. The number of thiocarbonyl (C=S) groups is 1. The second-order valence-corrected chi connectivity index (χ2v) is 7.48. The van der Waals surface area contributed by atoms with E-state index >= 15 is 0 Å². The van der Waals surface area contributed by atoms with E-state index in [1.807, 2.05) is 36.4 Å². The van der Waals surface area contributed by atoms with Gasteiger partial charge in [0.25, 0.3) is 0 Å². The SMILES string of the molecule is S=C1NC2=C(/C(=C/c3ccc(Cl)cc3)CC2)C(c2ccc(Cl)cc2)N1. The number of halogens is 2. The Hall–Kier alpha value is -1.81. The van der Waals surface area contributed by atoms with E-state index in [4.69, 9.17) is 35.4 Å². The summed E-state index contributed by atoms with van der Waals surface area (Å²) in [5, 5.41) is 8.89. The number of nitrogens with one attached hydrogen (secondary N) is 2. The minimum Gasteiger partial charge on any atom is -0.351 e. The normalized spacial score (nSPS) is 21.1. The first-order chi connectivity index (χ1) is 12.1. The lowest BCUT2D eigenvalue weighted by Crippen LogP contribution is -2.42. The van der Waals surface area contributed by atoms with Gasteiger partial charge in [0.1, 0.15) is 0 Å². The van der Waals surface area contributed by atoms with Gasteiger partial charge in [-0.25, -0.2) is 0 Å². The Labute approximate surface area is 162 Å². The molecule has 0 aromatic heterocycles. The minimum atomic E-state index is 0.0436. The molecule has 0 fully saturated rings. The minimum absolute atomic E-state index is 0.0436. The Morgan fingerprint density at radius 3 is 2.24 bits per heavy atom. The molecule has 1 atom stereocenters. The van der Waals surface area contributed by atoms with E-state index in [-0.39, 0.29) is 6.04 Å². The number of rotatable bonds is 2. The molecular formula is C20H16Cl2N2S. The average Bonchev–Trinajstić information content (AvgIpc) is 2.99. The zero-order valence-electron chi connectivity index (χ0n) is 13.4. The summed E-state index contributed by atoms with van der Waals surface area (Å²) >= 11 is 17.4. The molecule has 2 aromatic carbocycles. The van der Waals surface area contributed by atoms with Crippen LogP contribution in [0.4, 0.5) is 0 Å². The molecule has 2 nitrogen and oxygen atoms in total. The molecule has 2 N–H and O–H groups in total. The van der Waals surface area contributed by atoms with E-state index in [2.05, 4.69) is 28.8 Å². The maximum absolute atomic E-state index is 6.05. The lowest BCUT2D eigenvalue weighted by atomic mass is 9.92. The molecule has 1 aliphatic carbocycles. The highest BCUT2D eigenvalue weighted by atomic mass is 35.5. The second kappa shape index (κ2) is 6.83. The fourth-order valence-electron chi connectivity index (χ4n) is 3.40. The summed E-state index contributed by atoms with van der Waals surface area (Å²) in [6, 6.07) is 15.9. The van der Waals surface area contributed by atoms with Crippen LogP contribution in [0.1, 0.15) is 30.0 Å². The zero-order valence-corrected chi connectivity index (χ0v) is 15.7. The molecule has 1 unspecified atom stereocenters. The van der Waals surface area contributed by atoms with Gasteiger partial charge in [0.05, 0.1) is 6.04 Å². The van der Waals surface area contributed by atoms with Gasteiger partial charge in [0, 0.05) is 21.3 Å². The Bertz CT molecular complexity index is 883. The summed E-state index contributed by atoms with van der Waals surface area (Å²) in [7, 11) is 0. The van der Waals surface area contributed by atoms with Crippen LogP contribution < -0.4 is 10.6 Å². The number of hydrogen-bond acceptors (Lipinski definition) is 1. The van der Waals surface area contributed by atoms with Crippen LogP contribution >= 0.6 is 35.4 Å². The highest BCUT2D eigenvalue weighted by Gasteiger charge is 2.32. The molecule has 5 heteroatoms. The van der Waals surface area contributed by atoms with Crippen LogP contribution in [0.3, 0.4) is 0 Å². The van der Waals surface area contributed by atoms with Crippen molar-refractivity contribution in [2.24, 2.45) is 0 Å². The number of benzene rings is 2. The van der Waals surface area contributed by atoms with E-state index in [1.54, 1.807) is 0 Å².